The molecule has 1 aromatic rings. The van der Waals surface area contributed by atoms with Crippen LogP contribution in [-0.4, -0.2) is 0 Å². The van der Waals surface area contributed by atoms with Crippen molar-refractivity contribution < 1.29 is 0 Å². The molecule has 0 aliphatic rings. The lowest BCUT2D eigenvalue weighted by atomic mass is 9.93. The molecule has 0 N–H and O–H groups in total. The van der Waals surface area contributed by atoms with Crippen LogP contribution in [0.25, 0.3) is 0 Å². The minimum Gasteiger partial charge on any atom is -0.0651 e. The molecule has 0 heterocycles. The topological polar surface area (TPSA) is 0 Å². The molecule has 0 bridgehead atoms. The van der Waals surface area contributed by atoms with Crippen molar-refractivity contribution in [2.75, 3.05) is 0 Å². The zero-order valence-electron chi connectivity index (χ0n) is 9.91. The standard InChI is InChI=1S/C14H21/c1-5-7-13-10-11(3)9-12(4)14(13)8-6-2/h9H,5-8H2,1-4H3. The van der Waals surface area contributed by atoms with Crippen LogP contribution < -0.4 is 0 Å². The maximum atomic E-state index is 3.50. The van der Waals surface area contributed by atoms with Gasteiger partial charge in [0.2, 0.25) is 0 Å². The Bertz CT molecular complexity index is 297. The van der Waals surface area contributed by atoms with E-state index in [0.29, 0.717) is 0 Å². The minimum atomic E-state index is 1.18. The lowest BCUT2D eigenvalue weighted by molar-refractivity contribution is 0.850. The molecule has 0 saturated heterocycles. The largest absolute Gasteiger partial charge is 0.0651 e. The van der Waals surface area contributed by atoms with E-state index in [2.05, 4.69) is 39.8 Å². The van der Waals surface area contributed by atoms with Crippen molar-refractivity contribution in [1.82, 2.24) is 0 Å². The summed E-state index contributed by atoms with van der Waals surface area (Å²) in [7, 11) is 0. The fourth-order valence-corrected chi connectivity index (χ4v) is 2.06. The maximum Gasteiger partial charge on any atom is -0.0114 e. The zero-order chi connectivity index (χ0) is 10.6. The van der Waals surface area contributed by atoms with Gasteiger partial charge in [-0.1, -0.05) is 32.8 Å². The Labute approximate surface area is 88.4 Å². The van der Waals surface area contributed by atoms with Gasteiger partial charge in [-0.15, -0.1) is 0 Å². The average Bonchev–Trinajstić information content (AvgIpc) is 2.11. The highest BCUT2D eigenvalue weighted by Gasteiger charge is 2.05. The predicted octanol–water partition coefficient (Wildman–Crippen LogP) is 4.01. The molecule has 1 radical (unpaired) electrons. The summed E-state index contributed by atoms with van der Waals surface area (Å²) in [4.78, 5) is 0. The second kappa shape index (κ2) is 5.19. The maximum absolute atomic E-state index is 3.50. The number of benzene rings is 1. The van der Waals surface area contributed by atoms with Crippen LogP contribution in [0.4, 0.5) is 0 Å². The van der Waals surface area contributed by atoms with Gasteiger partial charge >= 0.3 is 0 Å². The second-order valence-corrected chi connectivity index (χ2v) is 4.09. The Morgan fingerprint density at radius 2 is 1.71 bits per heavy atom. The predicted molar refractivity (Wildman–Crippen MR) is 62.7 cm³/mol. The second-order valence-electron chi connectivity index (χ2n) is 4.09. The summed E-state index contributed by atoms with van der Waals surface area (Å²) in [6.45, 7) is 8.85. The number of hydrogen-bond acceptors (Lipinski definition) is 0. The molecule has 0 unspecified atom stereocenters. The van der Waals surface area contributed by atoms with Gasteiger partial charge in [0.1, 0.15) is 0 Å². The molecule has 0 atom stereocenters. The SMILES string of the molecule is CCCc1[c]c(C)cc(C)c1CCC. The van der Waals surface area contributed by atoms with E-state index in [0.717, 1.165) is 0 Å². The van der Waals surface area contributed by atoms with Crippen molar-refractivity contribution in [2.45, 2.75) is 53.4 Å². The van der Waals surface area contributed by atoms with E-state index in [-0.39, 0.29) is 0 Å². The third-order valence-corrected chi connectivity index (χ3v) is 2.62. The number of rotatable bonds is 4. The van der Waals surface area contributed by atoms with Crippen LogP contribution in [0.15, 0.2) is 6.07 Å². The van der Waals surface area contributed by atoms with Crippen LogP contribution in [0.5, 0.6) is 0 Å². The number of aryl methyl sites for hydroxylation is 3. The average molecular weight is 189 g/mol. The monoisotopic (exact) mass is 189 g/mol. The molecule has 1 aromatic carbocycles. The number of hydrogen-bond donors (Lipinski definition) is 0. The molecule has 0 aliphatic carbocycles. The lowest BCUT2D eigenvalue weighted by Gasteiger charge is -2.12. The Morgan fingerprint density at radius 3 is 2.29 bits per heavy atom. The van der Waals surface area contributed by atoms with Gasteiger partial charge in [0.05, 0.1) is 0 Å². The summed E-state index contributed by atoms with van der Waals surface area (Å²) in [5.41, 5.74) is 5.73. The zero-order valence-corrected chi connectivity index (χ0v) is 9.91. The fourth-order valence-electron chi connectivity index (χ4n) is 2.06. The van der Waals surface area contributed by atoms with Gasteiger partial charge in [0.15, 0.2) is 0 Å². The van der Waals surface area contributed by atoms with Crippen molar-refractivity contribution in [3.8, 4) is 0 Å². The van der Waals surface area contributed by atoms with E-state index in [4.69, 9.17) is 0 Å². The van der Waals surface area contributed by atoms with Crippen LogP contribution in [0, 0.1) is 19.9 Å². The Hall–Kier alpha value is -0.780. The molecular weight excluding hydrogens is 168 g/mol. The molecule has 0 nitrogen and oxygen atoms in total. The summed E-state index contributed by atoms with van der Waals surface area (Å²) in [6.07, 6.45) is 4.83. The highest BCUT2D eigenvalue weighted by Crippen LogP contribution is 2.19. The van der Waals surface area contributed by atoms with Crippen molar-refractivity contribution in [1.29, 1.82) is 0 Å². The van der Waals surface area contributed by atoms with Gasteiger partial charge in [-0.3, -0.25) is 0 Å². The molecule has 0 aliphatic heterocycles. The van der Waals surface area contributed by atoms with Crippen LogP contribution in [0.1, 0.15) is 48.9 Å². The fraction of sp³-hybridized carbons (Fsp3) is 0.571. The van der Waals surface area contributed by atoms with E-state index >= 15 is 0 Å². The smallest absolute Gasteiger partial charge is 0.0114 e. The summed E-state index contributed by atoms with van der Waals surface area (Å²) < 4.78 is 0. The van der Waals surface area contributed by atoms with Gasteiger partial charge in [0.25, 0.3) is 0 Å². The Kier molecular flexibility index (Phi) is 4.19. The van der Waals surface area contributed by atoms with Crippen LogP contribution in [-0.2, 0) is 12.8 Å². The third-order valence-electron chi connectivity index (χ3n) is 2.62. The molecule has 0 spiro atoms. The highest BCUT2D eigenvalue weighted by molar-refractivity contribution is 5.37. The molecule has 0 saturated carbocycles. The van der Waals surface area contributed by atoms with Crippen LogP contribution in [0.3, 0.4) is 0 Å². The molecule has 0 amide bonds. The Balaban J connectivity index is 3.07. The molecule has 14 heavy (non-hydrogen) atoms. The van der Waals surface area contributed by atoms with E-state index in [1.54, 1.807) is 5.56 Å². The van der Waals surface area contributed by atoms with Crippen LogP contribution >= 0.6 is 0 Å². The molecule has 77 valence electrons. The first-order chi connectivity index (χ1) is 6.69. The van der Waals surface area contributed by atoms with E-state index in [9.17, 15) is 0 Å². The van der Waals surface area contributed by atoms with Crippen molar-refractivity contribution in [2.24, 2.45) is 0 Å². The first kappa shape index (κ1) is 11.3. The lowest BCUT2D eigenvalue weighted by Crippen LogP contribution is -1.98. The normalized spacial score (nSPS) is 10.6. The minimum absolute atomic E-state index is 1.18. The molecule has 0 heteroatoms. The Morgan fingerprint density at radius 1 is 1.07 bits per heavy atom. The first-order valence-corrected chi connectivity index (χ1v) is 5.70. The van der Waals surface area contributed by atoms with Gasteiger partial charge in [-0.25, -0.2) is 0 Å². The molecule has 1 rings (SSSR count). The molecular formula is C14H21. The van der Waals surface area contributed by atoms with Crippen LogP contribution in [0.2, 0.25) is 0 Å². The molecule has 0 fully saturated rings. The summed E-state index contributed by atoms with van der Waals surface area (Å²) in [5.74, 6) is 0. The van der Waals surface area contributed by atoms with E-state index in [1.165, 1.54) is 42.4 Å². The first-order valence-electron chi connectivity index (χ1n) is 5.70. The molecule has 0 aromatic heterocycles. The highest BCUT2D eigenvalue weighted by atomic mass is 14.1. The van der Waals surface area contributed by atoms with E-state index < -0.39 is 0 Å². The quantitative estimate of drug-likeness (QED) is 0.671. The third kappa shape index (κ3) is 2.60. The summed E-state index contributed by atoms with van der Waals surface area (Å²) in [5, 5.41) is 0. The van der Waals surface area contributed by atoms with E-state index in [1.807, 2.05) is 0 Å². The van der Waals surface area contributed by atoms with Crippen molar-refractivity contribution >= 4 is 0 Å². The van der Waals surface area contributed by atoms with Crippen molar-refractivity contribution in [3.05, 3.63) is 34.4 Å². The summed E-state index contributed by atoms with van der Waals surface area (Å²) >= 11 is 0. The van der Waals surface area contributed by atoms with Crippen molar-refractivity contribution in [3.63, 3.8) is 0 Å². The van der Waals surface area contributed by atoms with Gasteiger partial charge in [-0.2, -0.15) is 0 Å². The van der Waals surface area contributed by atoms with Gasteiger partial charge in [0, 0.05) is 0 Å². The van der Waals surface area contributed by atoms with Gasteiger partial charge in [-0.05, 0) is 55.0 Å². The van der Waals surface area contributed by atoms with Gasteiger partial charge < -0.3 is 0 Å². The summed E-state index contributed by atoms with van der Waals surface area (Å²) in [6, 6.07) is 5.76.